The van der Waals surface area contributed by atoms with E-state index in [0.717, 1.165) is 16.1 Å². The van der Waals surface area contributed by atoms with Crippen molar-refractivity contribution in [2.45, 2.75) is 19.9 Å². The van der Waals surface area contributed by atoms with Crippen LogP contribution in [0.4, 0.5) is 5.69 Å². The minimum absolute atomic E-state index is 0.0690. The fourth-order valence-electron chi connectivity index (χ4n) is 3.54. The van der Waals surface area contributed by atoms with Gasteiger partial charge in [0.1, 0.15) is 0 Å². The summed E-state index contributed by atoms with van der Waals surface area (Å²) in [6.45, 7) is 3.38. The topological polar surface area (TPSA) is 54.7 Å². The lowest BCUT2D eigenvalue weighted by Crippen LogP contribution is -2.39. The lowest BCUT2D eigenvalue weighted by atomic mass is 9.93. The standard InChI is InChI=1S/C22H21N3O2S2/c1-13-19(14(2)26)20(15-7-9-16(10-8-15)24(3)4)25-21(27)18(29-22(25)23-13)12-17-6-5-11-28-17/h5-12,20H,1-4H3/b18-12+/t20-/m0/s1. The summed E-state index contributed by atoms with van der Waals surface area (Å²) in [6.07, 6.45) is 1.90. The molecule has 3 heterocycles. The van der Waals surface area contributed by atoms with E-state index < -0.39 is 6.04 Å². The zero-order valence-electron chi connectivity index (χ0n) is 16.7. The molecular formula is C22H21N3O2S2. The van der Waals surface area contributed by atoms with Crippen LogP contribution in [0.1, 0.15) is 30.3 Å². The Morgan fingerprint density at radius 1 is 1.21 bits per heavy atom. The summed E-state index contributed by atoms with van der Waals surface area (Å²) in [7, 11) is 3.96. The maximum absolute atomic E-state index is 13.3. The number of Topliss-reactive ketones (excluding diaryl/α,β-unsaturated/α-hetero) is 1. The fourth-order valence-corrected chi connectivity index (χ4v) is 5.31. The highest BCUT2D eigenvalue weighted by atomic mass is 32.1. The Bertz CT molecular complexity index is 1280. The molecule has 7 heteroatoms. The number of nitrogens with zero attached hydrogens (tertiary/aromatic N) is 3. The van der Waals surface area contributed by atoms with Crippen LogP contribution in [0.3, 0.4) is 0 Å². The predicted molar refractivity (Wildman–Crippen MR) is 120 cm³/mol. The van der Waals surface area contributed by atoms with Crippen LogP contribution in [-0.2, 0) is 4.79 Å². The maximum atomic E-state index is 13.3. The van der Waals surface area contributed by atoms with Crippen molar-refractivity contribution in [3.8, 4) is 0 Å². The number of fused-ring (bicyclic) bond motifs is 1. The minimum Gasteiger partial charge on any atom is -0.378 e. The molecule has 1 aromatic carbocycles. The van der Waals surface area contributed by atoms with Gasteiger partial charge in [-0.1, -0.05) is 29.5 Å². The van der Waals surface area contributed by atoms with Crippen molar-refractivity contribution in [2.24, 2.45) is 4.99 Å². The van der Waals surface area contributed by atoms with E-state index in [2.05, 4.69) is 4.99 Å². The first kappa shape index (κ1) is 19.5. The number of carbonyl (C=O) groups is 1. The molecule has 0 spiro atoms. The lowest BCUT2D eigenvalue weighted by Gasteiger charge is -2.25. The second-order valence-corrected chi connectivity index (χ2v) is 9.13. The van der Waals surface area contributed by atoms with E-state index >= 15 is 0 Å². The molecule has 3 aromatic rings. The van der Waals surface area contributed by atoms with Crippen molar-refractivity contribution in [2.75, 3.05) is 19.0 Å². The van der Waals surface area contributed by atoms with E-state index in [4.69, 9.17) is 0 Å². The van der Waals surface area contributed by atoms with Crippen LogP contribution < -0.4 is 19.8 Å². The number of hydrogen-bond donors (Lipinski definition) is 0. The molecule has 0 amide bonds. The Morgan fingerprint density at radius 3 is 2.52 bits per heavy atom. The van der Waals surface area contributed by atoms with Gasteiger partial charge in [0.15, 0.2) is 10.6 Å². The average molecular weight is 424 g/mol. The molecule has 2 aromatic heterocycles. The summed E-state index contributed by atoms with van der Waals surface area (Å²) in [5, 5.41) is 1.98. The quantitative estimate of drug-likeness (QED) is 0.648. The second-order valence-electron chi connectivity index (χ2n) is 7.14. The van der Waals surface area contributed by atoms with Gasteiger partial charge in [0.2, 0.25) is 0 Å². The Kier molecular flexibility index (Phi) is 5.10. The molecule has 5 nitrogen and oxygen atoms in total. The molecule has 0 bridgehead atoms. The Balaban J connectivity index is 1.95. The number of aromatic nitrogens is 1. The summed E-state index contributed by atoms with van der Waals surface area (Å²) in [5.74, 6) is -0.0690. The Hall–Kier alpha value is -2.77. The van der Waals surface area contributed by atoms with Crippen LogP contribution in [0.15, 0.2) is 62.8 Å². The van der Waals surface area contributed by atoms with Gasteiger partial charge in [0.25, 0.3) is 5.56 Å². The van der Waals surface area contributed by atoms with E-state index in [1.807, 2.05) is 73.8 Å². The number of benzene rings is 1. The molecule has 4 rings (SSSR count). The summed E-state index contributed by atoms with van der Waals surface area (Å²) >= 11 is 2.95. The number of hydrogen-bond acceptors (Lipinski definition) is 6. The van der Waals surface area contributed by atoms with Gasteiger partial charge in [0.05, 0.1) is 10.6 Å². The van der Waals surface area contributed by atoms with Crippen LogP contribution in [0.5, 0.6) is 0 Å². The van der Waals surface area contributed by atoms with Gasteiger partial charge in [-0.25, -0.2) is 4.99 Å². The highest BCUT2D eigenvalue weighted by molar-refractivity contribution is 7.11. The lowest BCUT2D eigenvalue weighted by molar-refractivity contribution is -0.114. The third-order valence-corrected chi connectivity index (χ3v) is 6.74. The number of thiazole rings is 1. The van der Waals surface area contributed by atoms with Crippen molar-refractivity contribution in [1.82, 2.24) is 4.57 Å². The molecular weight excluding hydrogens is 402 g/mol. The SMILES string of the molecule is CC(=O)C1=C(C)N=c2s/c(=C/c3cccs3)c(=O)n2[C@H]1c1ccc(N(C)C)cc1. The summed E-state index contributed by atoms with van der Waals surface area (Å²) in [5.41, 5.74) is 3.08. The van der Waals surface area contributed by atoms with Gasteiger partial charge in [0, 0.05) is 35.9 Å². The molecule has 0 saturated carbocycles. The third-order valence-electron chi connectivity index (χ3n) is 4.94. The normalized spacial score (nSPS) is 16.6. The van der Waals surface area contributed by atoms with Gasteiger partial charge < -0.3 is 4.90 Å². The van der Waals surface area contributed by atoms with Gasteiger partial charge in [-0.05, 0) is 49.1 Å². The highest BCUT2D eigenvalue weighted by Gasteiger charge is 2.30. The van der Waals surface area contributed by atoms with Crippen molar-refractivity contribution >= 4 is 40.2 Å². The van der Waals surface area contributed by atoms with E-state index in [1.54, 1.807) is 15.9 Å². The molecule has 0 fully saturated rings. The molecule has 0 radical (unpaired) electrons. The van der Waals surface area contributed by atoms with Gasteiger partial charge >= 0.3 is 0 Å². The Labute approximate surface area is 176 Å². The summed E-state index contributed by atoms with van der Waals surface area (Å²) in [4.78, 5) is 34.1. The molecule has 0 aliphatic carbocycles. The monoisotopic (exact) mass is 423 g/mol. The molecule has 29 heavy (non-hydrogen) atoms. The van der Waals surface area contributed by atoms with Crippen molar-refractivity contribution in [3.63, 3.8) is 0 Å². The third kappa shape index (κ3) is 3.52. The zero-order valence-corrected chi connectivity index (χ0v) is 18.3. The average Bonchev–Trinajstić information content (AvgIpc) is 3.29. The van der Waals surface area contributed by atoms with Gasteiger partial charge in [-0.15, -0.1) is 11.3 Å². The first-order valence-electron chi connectivity index (χ1n) is 9.21. The van der Waals surface area contributed by atoms with Crippen LogP contribution >= 0.6 is 22.7 Å². The highest BCUT2D eigenvalue weighted by Crippen LogP contribution is 2.31. The van der Waals surface area contributed by atoms with Crippen LogP contribution in [0.25, 0.3) is 6.08 Å². The molecule has 1 atom stereocenters. The summed E-state index contributed by atoms with van der Waals surface area (Å²) in [6, 6.07) is 11.4. The molecule has 0 unspecified atom stereocenters. The molecule has 0 N–H and O–H groups in total. The van der Waals surface area contributed by atoms with Gasteiger partial charge in [-0.3, -0.25) is 14.2 Å². The molecule has 1 aliphatic heterocycles. The number of rotatable bonds is 4. The van der Waals surface area contributed by atoms with Gasteiger partial charge in [-0.2, -0.15) is 0 Å². The van der Waals surface area contributed by atoms with E-state index in [-0.39, 0.29) is 11.3 Å². The van der Waals surface area contributed by atoms with Crippen molar-refractivity contribution in [3.05, 3.63) is 83.2 Å². The summed E-state index contributed by atoms with van der Waals surface area (Å²) < 4.78 is 2.29. The predicted octanol–water partition coefficient (Wildman–Crippen LogP) is 2.95. The molecule has 148 valence electrons. The number of ketones is 1. The van der Waals surface area contributed by atoms with E-state index in [9.17, 15) is 9.59 Å². The van der Waals surface area contributed by atoms with Crippen molar-refractivity contribution in [1.29, 1.82) is 0 Å². The minimum atomic E-state index is -0.467. The molecule has 1 aliphatic rings. The number of allylic oxidation sites excluding steroid dienone is 2. The van der Waals surface area contributed by atoms with Crippen LogP contribution in [0, 0.1) is 0 Å². The Morgan fingerprint density at radius 2 is 1.93 bits per heavy atom. The maximum Gasteiger partial charge on any atom is 0.271 e. The largest absolute Gasteiger partial charge is 0.378 e. The number of carbonyl (C=O) groups excluding carboxylic acids is 1. The first-order chi connectivity index (χ1) is 13.9. The van der Waals surface area contributed by atoms with Crippen LogP contribution in [-0.4, -0.2) is 24.4 Å². The first-order valence-corrected chi connectivity index (χ1v) is 10.9. The smallest absolute Gasteiger partial charge is 0.271 e. The van der Waals surface area contributed by atoms with E-state index in [1.165, 1.54) is 18.3 Å². The second kappa shape index (κ2) is 7.57. The van der Waals surface area contributed by atoms with E-state index in [0.29, 0.717) is 20.6 Å². The fraction of sp³-hybridized carbons (Fsp3) is 0.227. The zero-order chi connectivity index (χ0) is 20.7. The van der Waals surface area contributed by atoms with Crippen molar-refractivity contribution < 1.29 is 4.79 Å². The number of thiophene rings is 1. The van der Waals surface area contributed by atoms with Crippen LogP contribution in [0.2, 0.25) is 0 Å². The number of anilines is 1. The molecule has 0 saturated heterocycles.